The van der Waals surface area contributed by atoms with E-state index < -0.39 is 34.8 Å². The maximum absolute atomic E-state index is 12.6. The molecule has 1 heterocycles. The Balaban J connectivity index is 2.22. The van der Waals surface area contributed by atoms with Gasteiger partial charge in [-0.1, -0.05) is 6.07 Å². The molecule has 0 bridgehead atoms. The Morgan fingerprint density at radius 1 is 1.33 bits per heavy atom. The summed E-state index contributed by atoms with van der Waals surface area (Å²) in [4.78, 5) is 12.8. The quantitative estimate of drug-likeness (QED) is 0.814. The number of halogens is 2. The van der Waals surface area contributed by atoms with Crippen LogP contribution in [0.15, 0.2) is 29.2 Å². The van der Waals surface area contributed by atoms with E-state index in [4.69, 9.17) is 0 Å². The summed E-state index contributed by atoms with van der Waals surface area (Å²) in [5.41, 5.74) is 0.105. The number of likely N-dealkylation sites (tertiary alicyclic amines) is 1. The average Bonchev–Trinajstić information content (AvgIpc) is 2.24. The molecule has 0 radical (unpaired) electrons. The van der Waals surface area contributed by atoms with Gasteiger partial charge in [-0.25, -0.2) is 17.2 Å². The molecule has 7 heteroatoms. The zero-order chi connectivity index (χ0) is 13.6. The van der Waals surface area contributed by atoms with Crippen LogP contribution in [0.4, 0.5) is 8.78 Å². The minimum absolute atomic E-state index is 0.000587. The number of benzene rings is 1. The van der Waals surface area contributed by atoms with Crippen molar-refractivity contribution < 1.29 is 22.0 Å². The second-order valence-corrected chi connectivity index (χ2v) is 6.33. The number of amides is 1. The monoisotopic (exact) mass is 275 g/mol. The lowest BCUT2D eigenvalue weighted by molar-refractivity contribution is -0.113. The van der Waals surface area contributed by atoms with Gasteiger partial charge in [-0.15, -0.1) is 0 Å². The number of hydrogen-bond donors (Lipinski definition) is 0. The first-order valence-electron chi connectivity index (χ1n) is 5.16. The zero-order valence-electron chi connectivity index (χ0n) is 9.56. The molecule has 1 aromatic rings. The van der Waals surface area contributed by atoms with Crippen LogP contribution in [0, 0.1) is 0 Å². The van der Waals surface area contributed by atoms with Crippen LogP contribution in [0.25, 0.3) is 0 Å². The molecule has 1 saturated heterocycles. The minimum Gasteiger partial charge on any atom is -0.326 e. The summed E-state index contributed by atoms with van der Waals surface area (Å²) in [7, 11) is -3.41. The summed E-state index contributed by atoms with van der Waals surface area (Å²) in [6, 6.07) is 5.39. The minimum atomic E-state index is -3.41. The van der Waals surface area contributed by atoms with E-state index in [9.17, 15) is 22.0 Å². The van der Waals surface area contributed by atoms with E-state index in [1.165, 1.54) is 24.3 Å². The molecule has 1 aromatic carbocycles. The van der Waals surface area contributed by atoms with Crippen LogP contribution >= 0.6 is 0 Å². The molecule has 2 rings (SSSR count). The Hall–Kier alpha value is -1.50. The second kappa shape index (κ2) is 4.01. The molecule has 0 atom stereocenters. The van der Waals surface area contributed by atoms with Crippen molar-refractivity contribution >= 4 is 15.7 Å². The maximum Gasteiger partial charge on any atom is 0.282 e. The third kappa shape index (κ3) is 2.50. The van der Waals surface area contributed by atoms with E-state index in [2.05, 4.69) is 0 Å². The number of alkyl halides is 2. The van der Waals surface area contributed by atoms with Crippen LogP contribution in [-0.4, -0.2) is 44.5 Å². The van der Waals surface area contributed by atoms with Crippen LogP contribution in [0.1, 0.15) is 10.4 Å². The van der Waals surface area contributed by atoms with Crippen molar-refractivity contribution in [1.29, 1.82) is 0 Å². The normalized spacial score (nSPS) is 18.3. The molecule has 1 aliphatic rings. The van der Waals surface area contributed by atoms with Gasteiger partial charge < -0.3 is 4.90 Å². The van der Waals surface area contributed by atoms with E-state index in [0.29, 0.717) is 0 Å². The molecule has 1 fully saturated rings. The highest BCUT2D eigenvalue weighted by Crippen LogP contribution is 2.28. The standard InChI is InChI=1S/C11H11F2NO3S/c1-18(16,17)9-4-2-3-8(5-9)10(15)14-6-11(12,13)7-14/h2-5H,6-7H2,1H3. The number of rotatable bonds is 2. The van der Waals surface area contributed by atoms with Crippen molar-refractivity contribution in [2.75, 3.05) is 19.3 Å². The van der Waals surface area contributed by atoms with Crippen LogP contribution < -0.4 is 0 Å². The van der Waals surface area contributed by atoms with E-state index in [1.54, 1.807) is 0 Å². The fourth-order valence-corrected chi connectivity index (χ4v) is 2.36. The van der Waals surface area contributed by atoms with E-state index in [0.717, 1.165) is 11.2 Å². The highest BCUT2D eigenvalue weighted by Gasteiger charge is 2.46. The van der Waals surface area contributed by atoms with Crippen molar-refractivity contribution in [3.8, 4) is 0 Å². The Morgan fingerprint density at radius 3 is 2.44 bits per heavy atom. The lowest BCUT2D eigenvalue weighted by Gasteiger charge is -2.38. The van der Waals surface area contributed by atoms with Gasteiger partial charge in [-0.3, -0.25) is 4.79 Å². The molecule has 0 N–H and O–H groups in total. The predicted octanol–water partition coefficient (Wildman–Crippen LogP) is 1.18. The van der Waals surface area contributed by atoms with Crippen molar-refractivity contribution in [1.82, 2.24) is 4.90 Å². The van der Waals surface area contributed by atoms with Gasteiger partial charge in [0.25, 0.3) is 11.8 Å². The molecule has 4 nitrogen and oxygen atoms in total. The van der Waals surface area contributed by atoms with E-state index in [-0.39, 0.29) is 10.5 Å². The zero-order valence-corrected chi connectivity index (χ0v) is 10.4. The molecular formula is C11H11F2NO3S. The Bertz CT molecular complexity index is 590. The SMILES string of the molecule is CS(=O)(=O)c1cccc(C(=O)N2CC(F)(F)C2)c1. The number of sulfone groups is 1. The Labute approximate surface area is 103 Å². The van der Waals surface area contributed by atoms with Gasteiger partial charge in [-0.05, 0) is 18.2 Å². The molecule has 0 aliphatic carbocycles. The molecule has 0 unspecified atom stereocenters. The van der Waals surface area contributed by atoms with Gasteiger partial charge in [0.05, 0.1) is 18.0 Å². The third-order valence-electron chi connectivity index (χ3n) is 2.64. The number of carbonyl (C=O) groups excluding carboxylic acids is 1. The van der Waals surface area contributed by atoms with Crippen molar-refractivity contribution in [3.63, 3.8) is 0 Å². The van der Waals surface area contributed by atoms with Crippen LogP contribution in [0.2, 0.25) is 0 Å². The average molecular weight is 275 g/mol. The summed E-state index contributed by atoms with van der Waals surface area (Å²) in [5, 5.41) is 0. The van der Waals surface area contributed by atoms with Crippen molar-refractivity contribution in [2.45, 2.75) is 10.8 Å². The van der Waals surface area contributed by atoms with Gasteiger partial charge in [0.2, 0.25) is 0 Å². The molecule has 1 aliphatic heterocycles. The Morgan fingerprint density at radius 2 is 1.94 bits per heavy atom. The van der Waals surface area contributed by atoms with Crippen LogP contribution in [0.5, 0.6) is 0 Å². The summed E-state index contributed by atoms with van der Waals surface area (Å²) in [6.07, 6.45) is 1.02. The first-order valence-corrected chi connectivity index (χ1v) is 7.05. The van der Waals surface area contributed by atoms with Gasteiger partial charge in [-0.2, -0.15) is 0 Å². The van der Waals surface area contributed by atoms with Crippen LogP contribution in [0.3, 0.4) is 0 Å². The summed E-state index contributed by atoms with van der Waals surface area (Å²) in [6.45, 7) is -1.23. The molecule has 0 spiro atoms. The fraction of sp³-hybridized carbons (Fsp3) is 0.364. The van der Waals surface area contributed by atoms with E-state index >= 15 is 0 Å². The summed E-state index contributed by atoms with van der Waals surface area (Å²) >= 11 is 0. The highest BCUT2D eigenvalue weighted by atomic mass is 32.2. The van der Waals surface area contributed by atoms with Gasteiger partial charge in [0.1, 0.15) is 0 Å². The number of hydrogen-bond acceptors (Lipinski definition) is 3. The third-order valence-corrected chi connectivity index (χ3v) is 3.75. The first kappa shape index (κ1) is 12.9. The molecule has 18 heavy (non-hydrogen) atoms. The van der Waals surface area contributed by atoms with Gasteiger partial charge in [0.15, 0.2) is 9.84 Å². The lowest BCUT2D eigenvalue weighted by atomic mass is 10.1. The Kier molecular flexibility index (Phi) is 2.89. The molecular weight excluding hydrogens is 264 g/mol. The fourth-order valence-electron chi connectivity index (χ4n) is 1.70. The topological polar surface area (TPSA) is 54.5 Å². The van der Waals surface area contributed by atoms with Crippen LogP contribution in [-0.2, 0) is 9.84 Å². The van der Waals surface area contributed by atoms with Gasteiger partial charge >= 0.3 is 0 Å². The highest BCUT2D eigenvalue weighted by molar-refractivity contribution is 7.90. The van der Waals surface area contributed by atoms with E-state index in [1.807, 2.05) is 0 Å². The molecule has 98 valence electrons. The first-order chi connectivity index (χ1) is 8.19. The summed E-state index contributed by atoms with van der Waals surface area (Å²) < 4.78 is 47.9. The summed E-state index contributed by atoms with van der Waals surface area (Å²) in [5.74, 6) is -3.41. The van der Waals surface area contributed by atoms with Crippen molar-refractivity contribution in [3.05, 3.63) is 29.8 Å². The molecule has 1 amide bonds. The lowest BCUT2D eigenvalue weighted by Crippen LogP contribution is -2.58. The largest absolute Gasteiger partial charge is 0.326 e. The number of carbonyl (C=O) groups is 1. The maximum atomic E-state index is 12.6. The molecule has 0 saturated carbocycles. The van der Waals surface area contributed by atoms with Crippen molar-refractivity contribution in [2.24, 2.45) is 0 Å². The second-order valence-electron chi connectivity index (χ2n) is 4.32. The predicted molar refractivity (Wildman–Crippen MR) is 60.4 cm³/mol. The van der Waals surface area contributed by atoms with Gasteiger partial charge in [0, 0.05) is 11.8 Å². The smallest absolute Gasteiger partial charge is 0.282 e. The number of nitrogens with zero attached hydrogens (tertiary/aromatic N) is 1. The molecule has 0 aromatic heterocycles.